The van der Waals surface area contributed by atoms with Crippen LogP contribution >= 0.6 is 0 Å². The van der Waals surface area contributed by atoms with Crippen LogP contribution < -0.4 is 10.2 Å². The van der Waals surface area contributed by atoms with Gasteiger partial charge in [-0.1, -0.05) is 29.8 Å². The molecular weight excluding hydrogens is 369 g/mol. The van der Waals surface area contributed by atoms with Gasteiger partial charge < -0.3 is 10.2 Å². The fourth-order valence-corrected chi connectivity index (χ4v) is 3.19. The highest BCUT2D eigenvalue weighted by atomic mass is 19.4. The van der Waals surface area contributed by atoms with Gasteiger partial charge in [-0.05, 0) is 44.0 Å². The number of halogens is 3. The van der Waals surface area contributed by atoms with Crippen molar-refractivity contribution in [3.05, 3.63) is 58.7 Å². The fraction of sp³-hybridized carbons (Fsp3) is 0.333. The Labute approximate surface area is 162 Å². The first kappa shape index (κ1) is 21.5. The van der Waals surface area contributed by atoms with E-state index in [1.54, 1.807) is 0 Å². The van der Waals surface area contributed by atoms with Crippen LogP contribution in [0.2, 0.25) is 0 Å². The van der Waals surface area contributed by atoms with Gasteiger partial charge in [0.15, 0.2) is 0 Å². The Morgan fingerprint density at radius 3 is 2.14 bits per heavy atom. The maximum absolute atomic E-state index is 13.3. The van der Waals surface area contributed by atoms with Crippen molar-refractivity contribution in [3.8, 4) is 0 Å². The molecule has 1 N–H and O–H groups in total. The van der Waals surface area contributed by atoms with Crippen LogP contribution in [0.5, 0.6) is 0 Å². The van der Waals surface area contributed by atoms with Crippen LogP contribution in [0.25, 0.3) is 0 Å². The Kier molecular flexibility index (Phi) is 6.48. The van der Waals surface area contributed by atoms with Crippen molar-refractivity contribution in [2.24, 2.45) is 0 Å². The lowest BCUT2D eigenvalue weighted by atomic mass is 10.0. The lowest BCUT2D eigenvalue weighted by Gasteiger charge is -2.24. The van der Waals surface area contributed by atoms with Gasteiger partial charge in [-0.3, -0.25) is 9.59 Å². The molecule has 7 heteroatoms. The minimum absolute atomic E-state index is 0.126. The highest BCUT2D eigenvalue weighted by molar-refractivity contribution is 5.96. The molecule has 0 heterocycles. The zero-order valence-corrected chi connectivity index (χ0v) is 16.3. The third kappa shape index (κ3) is 5.12. The van der Waals surface area contributed by atoms with Crippen LogP contribution in [0.4, 0.5) is 24.5 Å². The van der Waals surface area contributed by atoms with Gasteiger partial charge in [0.1, 0.15) is 0 Å². The van der Waals surface area contributed by atoms with Crippen molar-refractivity contribution < 1.29 is 22.8 Å². The molecule has 2 rings (SSSR count). The second-order valence-corrected chi connectivity index (χ2v) is 6.76. The van der Waals surface area contributed by atoms with Crippen LogP contribution in [0, 0.1) is 20.8 Å². The number of nitrogens with one attached hydrogen (secondary N) is 1. The number of hydrogen-bond donors (Lipinski definition) is 1. The molecule has 0 atom stereocenters. The normalized spacial score (nSPS) is 11.2. The maximum Gasteiger partial charge on any atom is 0.418 e. The summed E-state index contributed by atoms with van der Waals surface area (Å²) >= 11 is 0. The van der Waals surface area contributed by atoms with Gasteiger partial charge in [0.25, 0.3) is 0 Å². The van der Waals surface area contributed by atoms with Crippen molar-refractivity contribution in [1.82, 2.24) is 0 Å². The van der Waals surface area contributed by atoms with Crippen LogP contribution in [0.3, 0.4) is 0 Å². The highest BCUT2D eigenvalue weighted by Crippen LogP contribution is 2.36. The Morgan fingerprint density at radius 1 is 1.04 bits per heavy atom. The molecule has 2 aromatic carbocycles. The Hall–Kier alpha value is -2.83. The molecule has 0 spiro atoms. The number of para-hydroxylation sites is 1. The van der Waals surface area contributed by atoms with Gasteiger partial charge in [-0.25, -0.2) is 0 Å². The van der Waals surface area contributed by atoms with Crippen LogP contribution in [0.1, 0.15) is 35.6 Å². The zero-order valence-electron chi connectivity index (χ0n) is 16.3. The van der Waals surface area contributed by atoms with Gasteiger partial charge in [0, 0.05) is 25.6 Å². The summed E-state index contributed by atoms with van der Waals surface area (Å²) in [5, 5.41) is 2.80. The SMILES string of the molecule is CC(=O)N(CCC(=O)Nc1c(C)cc(C)cc1C)c1ccccc1C(F)(F)F. The average Bonchev–Trinajstić information content (AvgIpc) is 2.57. The van der Waals surface area contributed by atoms with Crippen molar-refractivity contribution in [2.75, 3.05) is 16.8 Å². The minimum atomic E-state index is -4.59. The minimum Gasteiger partial charge on any atom is -0.326 e. The summed E-state index contributed by atoms with van der Waals surface area (Å²) in [6, 6.07) is 8.72. The third-order valence-corrected chi connectivity index (χ3v) is 4.38. The van der Waals surface area contributed by atoms with E-state index in [0.29, 0.717) is 5.69 Å². The molecule has 0 saturated carbocycles. The summed E-state index contributed by atoms with van der Waals surface area (Å²) in [4.78, 5) is 25.3. The predicted molar refractivity (Wildman–Crippen MR) is 103 cm³/mol. The quantitative estimate of drug-likeness (QED) is 0.777. The van der Waals surface area contributed by atoms with Gasteiger partial charge in [0.2, 0.25) is 11.8 Å². The number of carbonyl (C=O) groups is 2. The van der Waals surface area contributed by atoms with Gasteiger partial charge in [-0.2, -0.15) is 13.2 Å². The van der Waals surface area contributed by atoms with E-state index in [2.05, 4.69) is 5.32 Å². The Morgan fingerprint density at radius 2 is 1.61 bits per heavy atom. The maximum atomic E-state index is 13.3. The van der Waals surface area contributed by atoms with Gasteiger partial charge in [0.05, 0.1) is 11.3 Å². The fourth-order valence-electron chi connectivity index (χ4n) is 3.19. The summed E-state index contributed by atoms with van der Waals surface area (Å²) < 4.78 is 39.8. The van der Waals surface area contributed by atoms with E-state index in [1.807, 2.05) is 32.9 Å². The Bertz CT molecular complexity index is 868. The lowest BCUT2D eigenvalue weighted by Crippen LogP contribution is -2.33. The molecule has 150 valence electrons. The predicted octanol–water partition coefficient (Wildman–Crippen LogP) is 5.01. The van der Waals surface area contributed by atoms with E-state index < -0.39 is 17.6 Å². The molecule has 0 fully saturated rings. The number of carbonyl (C=O) groups excluding carboxylic acids is 2. The first-order chi connectivity index (χ1) is 13.0. The van der Waals surface area contributed by atoms with Crippen LogP contribution in [-0.2, 0) is 15.8 Å². The first-order valence-corrected chi connectivity index (χ1v) is 8.82. The molecule has 0 bridgehead atoms. The molecular formula is C21H23F3N2O2. The topological polar surface area (TPSA) is 49.4 Å². The molecule has 0 aliphatic carbocycles. The van der Waals surface area contributed by atoms with E-state index in [9.17, 15) is 22.8 Å². The highest BCUT2D eigenvalue weighted by Gasteiger charge is 2.35. The molecule has 2 amide bonds. The van der Waals surface area contributed by atoms with E-state index in [4.69, 9.17) is 0 Å². The second-order valence-electron chi connectivity index (χ2n) is 6.76. The van der Waals surface area contributed by atoms with E-state index in [0.717, 1.165) is 27.7 Å². The molecule has 2 aromatic rings. The summed E-state index contributed by atoms with van der Waals surface area (Å²) in [6.45, 7) is 6.72. The molecule has 0 aromatic heterocycles. The number of anilines is 2. The number of alkyl halides is 3. The monoisotopic (exact) mass is 392 g/mol. The van der Waals surface area contributed by atoms with E-state index in [-0.39, 0.29) is 24.6 Å². The van der Waals surface area contributed by atoms with E-state index in [1.165, 1.54) is 25.1 Å². The zero-order chi connectivity index (χ0) is 21.1. The number of nitrogens with zero attached hydrogens (tertiary/aromatic N) is 1. The summed E-state index contributed by atoms with van der Waals surface area (Å²) in [5.41, 5.74) is 2.39. The van der Waals surface area contributed by atoms with Crippen molar-refractivity contribution in [2.45, 2.75) is 40.3 Å². The standard InChI is InChI=1S/C21H23F3N2O2/c1-13-11-14(2)20(15(3)12-13)25-19(28)9-10-26(16(4)27)18-8-6-5-7-17(18)21(22,23)24/h5-8,11-12H,9-10H2,1-4H3,(H,25,28). The molecule has 0 unspecified atom stereocenters. The third-order valence-electron chi connectivity index (χ3n) is 4.38. The Balaban J connectivity index is 2.18. The van der Waals surface area contributed by atoms with Crippen molar-refractivity contribution >= 4 is 23.2 Å². The molecule has 0 saturated heterocycles. The molecule has 0 aliphatic heterocycles. The smallest absolute Gasteiger partial charge is 0.326 e. The molecule has 0 aliphatic rings. The number of hydrogen-bond acceptors (Lipinski definition) is 2. The number of rotatable bonds is 5. The molecule has 4 nitrogen and oxygen atoms in total. The largest absolute Gasteiger partial charge is 0.418 e. The van der Waals surface area contributed by atoms with Crippen LogP contribution in [0.15, 0.2) is 36.4 Å². The second kappa shape index (κ2) is 8.46. The number of benzene rings is 2. The van der Waals surface area contributed by atoms with Gasteiger partial charge >= 0.3 is 6.18 Å². The summed E-state index contributed by atoms with van der Waals surface area (Å²) in [5.74, 6) is -0.932. The molecule has 28 heavy (non-hydrogen) atoms. The first-order valence-electron chi connectivity index (χ1n) is 8.82. The molecule has 0 radical (unpaired) electrons. The van der Waals surface area contributed by atoms with Crippen molar-refractivity contribution in [1.29, 1.82) is 0 Å². The van der Waals surface area contributed by atoms with Gasteiger partial charge in [-0.15, -0.1) is 0 Å². The van der Waals surface area contributed by atoms with Crippen LogP contribution in [-0.4, -0.2) is 18.4 Å². The summed E-state index contributed by atoms with van der Waals surface area (Å²) in [7, 11) is 0. The average molecular weight is 392 g/mol. The lowest BCUT2D eigenvalue weighted by molar-refractivity contribution is -0.137. The number of amides is 2. The number of aryl methyl sites for hydroxylation is 3. The summed E-state index contributed by atoms with van der Waals surface area (Å²) in [6.07, 6.45) is -4.72. The van der Waals surface area contributed by atoms with E-state index >= 15 is 0 Å². The van der Waals surface area contributed by atoms with Crippen molar-refractivity contribution in [3.63, 3.8) is 0 Å².